The predicted molar refractivity (Wildman–Crippen MR) is 141 cm³/mol. The van der Waals surface area contributed by atoms with Crippen molar-refractivity contribution in [3.8, 4) is 11.5 Å². The summed E-state index contributed by atoms with van der Waals surface area (Å²) in [6.45, 7) is 2.72. The van der Waals surface area contributed by atoms with Crippen LogP contribution in [0.2, 0.25) is 0 Å². The lowest BCUT2D eigenvalue weighted by Gasteiger charge is -2.15. The van der Waals surface area contributed by atoms with E-state index in [4.69, 9.17) is 24.9 Å². The Morgan fingerprint density at radius 2 is 1.58 bits per heavy atom. The van der Waals surface area contributed by atoms with Gasteiger partial charge in [-0.1, -0.05) is 24.6 Å². The van der Waals surface area contributed by atoms with Gasteiger partial charge in [-0.15, -0.1) is 12.4 Å². The van der Waals surface area contributed by atoms with Gasteiger partial charge in [0.1, 0.15) is 17.3 Å². The molecule has 3 N–H and O–H groups in total. The summed E-state index contributed by atoms with van der Waals surface area (Å²) in [6.07, 6.45) is 4.49. The monoisotopic (exact) mass is 563 g/mol. The number of nitrogens with one attached hydrogen (secondary N) is 1. The van der Waals surface area contributed by atoms with Gasteiger partial charge in [0.2, 0.25) is 5.96 Å². The van der Waals surface area contributed by atoms with Crippen LogP contribution in [0.5, 0.6) is 11.5 Å². The fourth-order valence-corrected chi connectivity index (χ4v) is 5.33. The first-order valence-corrected chi connectivity index (χ1v) is 14.5. The molecule has 0 amide bonds. The summed E-state index contributed by atoms with van der Waals surface area (Å²) in [5.41, 5.74) is 6.20. The maximum absolute atomic E-state index is 12.6. The van der Waals surface area contributed by atoms with Crippen LogP contribution in [0.15, 0.2) is 47.4 Å². The third-order valence-corrected chi connectivity index (χ3v) is 7.19. The molecule has 0 aliphatic heterocycles. The summed E-state index contributed by atoms with van der Waals surface area (Å²) in [4.78, 5) is 5.22. The Morgan fingerprint density at radius 1 is 0.972 bits per heavy atom. The minimum absolute atomic E-state index is 0. The zero-order valence-corrected chi connectivity index (χ0v) is 23.0. The molecule has 2 rings (SSSR count). The van der Waals surface area contributed by atoms with Crippen LogP contribution in [-0.2, 0) is 30.5 Å². The third-order valence-electron chi connectivity index (χ3n) is 4.88. The standard InChI is InChI=1S/C23H33N3O7S2.ClH/c1-18-14-20(31-12-8-4-5-9-13-32-26(2)23(24)25)16-21(15-18)33-35(29,30)17-19-10-6-7-11-22(19)34(3,27)28;/h6-7,10-11,14-16H,4-5,8-9,12-13,17H2,1-3H3,(H3,24,25);1H. The molecule has 36 heavy (non-hydrogen) atoms. The molecule has 0 aliphatic rings. The molecule has 0 unspecified atom stereocenters. The Balaban J connectivity index is 0.00000648. The number of benzene rings is 2. The van der Waals surface area contributed by atoms with Crippen LogP contribution in [0.4, 0.5) is 0 Å². The SMILES string of the molecule is Cc1cc(OCCCCCCON(C)C(=N)N)cc(OS(=O)(=O)Cc2ccccc2S(C)(=O)=O)c1.Cl. The van der Waals surface area contributed by atoms with E-state index in [2.05, 4.69) is 0 Å². The predicted octanol–water partition coefficient (Wildman–Crippen LogP) is 3.43. The number of hydroxylamine groups is 2. The fraction of sp³-hybridized carbons (Fsp3) is 0.435. The number of aryl methyl sites for hydroxylation is 1. The number of guanidine groups is 1. The zero-order chi connectivity index (χ0) is 26.1. The van der Waals surface area contributed by atoms with Crippen molar-refractivity contribution in [1.82, 2.24) is 5.06 Å². The number of rotatable bonds is 14. The lowest BCUT2D eigenvalue weighted by Crippen LogP contribution is -2.33. The van der Waals surface area contributed by atoms with Crippen molar-refractivity contribution < 1.29 is 30.6 Å². The topological polar surface area (TPSA) is 149 Å². The first-order chi connectivity index (χ1) is 16.4. The van der Waals surface area contributed by atoms with Crippen LogP contribution in [0.3, 0.4) is 0 Å². The Bertz CT molecular complexity index is 1220. The Kier molecular flexibility index (Phi) is 12.5. The van der Waals surface area contributed by atoms with Crippen molar-refractivity contribution in [2.75, 3.05) is 26.5 Å². The number of hydrogen-bond acceptors (Lipinski definition) is 8. The molecule has 0 aromatic heterocycles. The summed E-state index contributed by atoms with van der Waals surface area (Å²) in [5.74, 6) is -0.139. The Labute approximate surface area is 219 Å². The van der Waals surface area contributed by atoms with E-state index in [0.29, 0.717) is 19.0 Å². The van der Waals surface area contributed by atoms with E-state index < -0.39 is 25.7 Å². The molecular formula is C23H34ClN3O7S2. The second-order valence-corrected chi connectivity index (χ2v) is 11.7. The highest BCUT2D eigenvalue weighted by molar-refractivity contribution is 7.91. The van der Waals surface area contributed by atoms with Crippen LogP contribution in [-0.4, -0.2) is 54.4 Å². The van der Waals surface area contributed by atoms with Gasteiger partial charge in [-0.25, -0.2) is 13.5 Å². The van der Waals surface area contributed by atoms with E-state index in [9.17, 15) is 16.8 Å². The van der Waals surface area contributed by atoms with Gasteiger partial charge in [0, 0.05) is 19.4 Å². The van der Waals surface area contributed by atoms with E-state index in [-0.39, 0.29) is 34.6 Å². The van der Waals surface area contributed by atoms with E-state index >= 15 is 0 Å². The maximum atomic E-state index is 12.6. The minimum atomic E-state index is -4.11. The van der Waals surface area contributed by atoms with Gasteiger partial charge in [0.15, 0.2) is 9.84 Å². The molecule has 0 radical (unpaired) electrons. The molecule has 0 bridgehead atoms. The smallest absolute Gasteiger partial charge is 0.313 e. The second kappa shape index (κ2) is 14.3. The summed E-state index contributed by atoms with van der Waals surface area (Å²) >= 11 is 0. The average molecular weight is 564 g/mol. The second-order valence-electron chi connectivity index (χ2n) is 8.13. The lowest BCUT2D eigenvalue weighted by atomic mass is 10.2. The average Bonchev–Trinajstić information content (AvgIpc) is 2.73. The molecule has 2 aromatic carbocycles. The van der Waals surface area contributed by atoms with Gasteiger partial charge < -0.3 is 14.7 Å². The van der Waals surface area contributed by atoms with Gasteiger partial charge in [-0.3, -0.25) is 10.2 Å². The first-order valence-electron chi connectivity index (χ1n) is 11.0. The highest BCUT2D eigenvalue weighted by Crippen LogP contribution is 2.26. The number of nitrogens with two attached hydrogens (primary N) is 1. The molecule has 0 aliphatic carbocycles. The van der Waals surface area contributed by atoms with Crippen LogP contribution < -0.4 is 14.7 Å². The molecule has 10 nitrogen and oxygen atoms in total. The Hall–Kier alpha value is -2.54. The highest BCUT2D eigenvalue weighted by Gasteiger charge is 2.21. The van der Waals surface area contributed by atoms with Crippen molar-refractivity contribution in [1.29, 1.82) is 5.41 Å². The normalized spacial score (nSPS) is 11.4. The van der Waals surface area contributed by atoms with Crippen LogP contribution in [0, 0.1) is 12.3 Å². The summed E-state index contributed by atoms with van der Waals surface area (Å²) in [7, 11) is -6.11. The van der Waals surface area contributed by atoms with E-state index in [0.717, 1.165) is 37.5 Å². The van der Waals surface area contributed by atoms with Crippen molar-refractivity contribution in [3.05, 3.63) is 53.6 Å². The molecule has 0 saturated heterocycles. The lowest BCUT2D eigenvalue weighted by molar-refractivity contribution is -0.0826. The fourth-order valence-electron chi connectivity index (χ4n) is 3.22. The third kappa shape index (κ3) is 11.0. The first kappa shape index (κ1) is 31.5. The number of nitrogens with zero attached hydrogens (tertiary/aromatic N) is 1. The van der Waals surface area contributed by atoms with Crippen LogP contribution in [0.1, 0.15) is 36.8 Å². The van der Waals surface area contributed by atoms with E-state index in [1.54, 1.807) is 38.2 Å². The van der Waals surface area contributed by atoms with Gasteiger partial charge in [-0.2, -0.15) is 8.42 Å². The largest absolute Gasteiger partial charge is 0.493 e. The number of hydrogen-bond donors (Lipinski definition) is 2. The van der Waals surface area contributed by atoms with Gasteiger partial charge in [-0.05, 0) is 55.5 Å². The van der Waals surface area contributed by atoms with Crippen molar-refractivity contribution >= 4 is 38.3 Å². The van der Waals surface area contributed by atoms with Crippen molar-refractivity contribution in [3.63, 3.8) is 0 Å². The van der Waals surface area contributed by atoms with E-state index in [1.165, 1.54) is 23.3 Å². The van der Waals surface area contributed by atoms with Gasteiger partial charge in [0.25, 0.3) is 0 Å². The number of sulfone groups is 1. The molecule has 0 fully saturated rings. The summed E-state index contributed by atoms with van der Waals surface area (Å²) < 4.78 is 60.2. The van der Waals surface area contributed by atoms with Crippen LogP contribution >= 0.6 is 12.4 Å². The molecule has 0 spiro atoms. The molecule has 0 heterocycles. The van der Waals surface area contributed by atoms with Gasteiger partial charge >= 0.3 is 10.1 Å². The zero-order valence-electron chi connectivity index (χ0n) is 20.6. The van der Waals surface area contributed by atoms with E-state index in [1.807, 2.05) is 0 Å². The minimum Gasteiger partial charge on any atom is -0.493 e. The van der Waals surface area contributed by atoms with Crippen molar-refractivity contribution in [2.24, 2.45) is 5.73 Å². The molecule has 0 atom stereocenters. The number of halogens is 1. The molecular weight excluding hydrogens is 530 g/mol. The molecule has 202 valence electrons. The quantitative estimate of drug-likeness (QED) is 0.116. The molecule has 0 saturated carbocycles. The van der Waals surface area contributed by atoms with Crippen LogP contribution in [0.25, 0.3) is 0 Å². The summed E-state index contributed by atoms with van der Waals surface area (Å²) in [5, 5.41) is 8.42. The number of unbranched alkanes of at least 4 members (excludes halogenated alkanes) is 3. The Morgan fingerprint density at radius 3 is 2.22 bits per heavy atom. The van der Waals surface area contributed by atoms with Crippen molar-refractivity contribution in [2.45, 2.75) is 43.3 Å². The highest BCUT2D eigenvalue weighted by atomic mass is 35.5. The van der Waals surface area contributed by atoms with Gasteiger partial charge in [0.05, 0.1) is 18.1 Å². The summed E-state index contributed by atoms with van der Waals surface area (Å²) in [6, 6.07) is 10.8. The molecule has 2 aromatic rings. The number of ether oxygens (including phenoxy) is 1. The molecule has 13 heteroatoms. The maximum Gasteiger partial charge on any atom is 0.313 e.